The van der Waals surface area contributed by atoms with Crippen molar-refractivity contribution >= 4 is 28.3 Å². The van der Waals surface area contributed by atoms with Gasteiger partial charge in [-0.05, 0) is 37.4 Å². The molecule has 1 amide bonds. The molecule has 0 aliphatic carbocycles. The molecule has 0 spiro atoms. The first-order valence-corrected chi connectivity index (χ1v) is 10.6. The average molecular weight is 421 g/mol. The van der Waals surface area contributed by atoms with Crippen molar-refractivity contribution in [1.82, 2.24) is 19.7 Å². The fourth-order valence-corrected chi connectivity index (χ4v) is 4.29. The Kier molecular flexibility index (Phi) is 5.55. The molecule has 1 unspecified atom stereocenters. The van der Waals surface area contributed by atoms with E-state index >= 15 is 0 Å². The van der Waals surface area contributed by atoms with Crippen molar-refractivity contribution < 1.29 is 9.53 Å². The molecule has 4 aromatic rings. The van der Waals surface area contributed by atoms with Crippen LogP contribution in [0.5, 0.6) is 5.75 Å². The van der Waals surface area contributed by atoms with Crippen LogP contribution in [0.25, 0.3) is 11.0 Å². The van der Waals surface area contributed by atoms with Gasteiger partial charge in [0.2, 0.25) is 0 Å². The number of hydrogen-bond acceptors (Lipinski definition) is 5. The van der Waals surface area contributed by atoms with Crippen LogP contribution < -0.4 is 4.74 Å². The average Bonchev–Trinajstić information content (AvgIpc) is 3.42. The second-order valence-corrected chi connectivity index (χ2v) is 8.30. The smallest absolute Gasteiger partial charge is 0.254 e. The lowest BCUT2D eigenvalue weighted by atomic mass is 10.0. The molecule has 0 saturated carbocycles. The number of fused-ring (bicyclic) bond motifs is 1. The second-order valence-electron chi connectivity index (χ2n) is 7.26. The van der Waals surface area contributed by atoms with Gasteiger partial charge in [0.25, 0.3) is 5.91 Å². The summed E-state index contributed by atoms with van der Waals surface area (Å²) >= 11 is 1.68. The van der Waals surface area contributed by atoms with E-state index in [1.54, 1.807) is 29.5 Å². The Morgan fingerprint density at radius 2 is 2.07 bits per heavy atom. The predicted molar refractivity (Wildman–Crippen MR) is 119 cm³/mol. The Balaban J connectivity index is 1.70. The highest BCUT2D eigenvalue weighted by atomic mass is 32.1. The maximum absolute atomic E-state index is 13.5. The summed E-state index contributed by atoms with van der Waals surface area (Å²) in [5, 5.41) is 7.32. The van der Waals surface area contributed by atoms with Gasteiger partial charge in [-0.3, -0.25) is 4.79 Å². The molecule has 0 radical (unpaired) electrons. The van der Waals surface area contributed by atoms with E-state index in [0.717, 1.165) is 28.0 Å². The number of ether oxygens (including phenoxy) is 1. The Labute approximate surface area is 179 Å². The van der Waals surface area contributed by atoms with E-state index in [9.17, 15) is 4.79 Å². The number of para-hydroxylation sites is 1. The number of carbonyl (C=O) groups is 1. The number of thiophene rings is 1. The number of carbonyl (C=O) groups excluding carboxylic acids is 1. The minimum absolute atomic E-state index is 0.0698. The van der Waals surface area contributed by atoms with Crippen molar-refractivity contribution in [3.05, 3.63) is 75.7 Å². The molecule has 4 rings (SSSR count). The van der Waals surface area contributed by atoms with Crippen LogP contribution in [0.4, 0.5) is 0 Å². The van der Waals surface area contributed by atoms with E-state index in [1.165, 1.54) is 4.88 Å². The van der Waals surface area contributed by atoms with Crippen LogP contribution in [-0.2, 0) is 6.54 Å². The SMILES string of the molecule is COc1ccccc1C(C)N(C)C(=O)c1cc(C)nc2c1cnn2Cc1cccs1. The van der Waals surface area contributed by atoms with Crippen LogP contribution in [0.1, 0.15) is 39.5 Å². The molecule has 3 aromatic heterocycles. The maximum Gasteiger partial charge on any atom is 0.254 e. The van der Waals surface area contributed by atoms with Crippen LogP contribution in [0.2, 0.25) is 0 Å². The zero-order chi connectivity index (χ0) is 21.3. The third kappa shape index (κ3) is 3.68. The number of nitrogens with zero attached hydrogens (tertiary/aromatic N) is 4. The zero-order valence-electron chi connectivity index (χ0n) is 17.5. The summed E-state index contributed by atoms with van der Waals surface area (Å²) in [4.78, 5) is 21.1. The lowest BCUT2D eigenvalue weighted by molar-refractivity contribution is 0.0743. The summed E-state index contributed by atoms with van der Waals surface area (Å²) in [7, 11) is 3.46. The number of hydrogen-bond donors (Lipinski definition) is 0. The zero-order valence-corrected chi connectivity index (χ0v) is 18.3. The fraction of sp³-hybridized carbons (Fsp3) is 0.261. The van der Waals surface area contributed by atoms with Crippen molar-refractivity contribution in [3.8, 4) is 5.75 Å². The van der Waals surface area contributed by atoms with Crippen molar-refractivity contribution in [2.24, 2.45) is 0 Å². The van der Waals surface area contributed by atoms with E-state index in [2.05, 4.69) is 16.1 Å². The van der Waals surface area contributed by atoms with E-state index in [4.69, 9.17) is 4.74 Å². The molecule has 3 heterocycles. The summed E-state index contributed by atoms with van der Waals surface area (Å²) in [6.45, 7) is 4.54. The normalized spacial score (nSPS) is 12.1. The molecule has 0 aliphatic rings. The molecule has 7 heteroatoms. The lowest BCUT2D eigenvalue weighted by Gasteiger charge is -2.27. The summed E-state index contributed by atoms with van der Waals surface area (Å²) < 4.78 is 7.34. The third-order valence-electron chi connectivity index (χ3n) is 5.34. The number of aryl methyl sites for hydroxylation is 1. The summed E-state index contributed by atoms with van der Waals surface area (Å²) in [5.41, 5.74) is 3.09. The summed E-state index contributed by atoms with van der Waals surface area (Å²) in [6.07, 6.45) is 1.74. The Bertz CT molecular complexity index is 1180. The van der Waals surface area contributed by atoms with Gasteiger partial charge < -0.3 is 9.64 Å². The summed E-state index contributed by atoms with van der Waals surface area (Å²) in [5.74, 6) is 0.698. The van der Waals surface area contributed by atoms with Crippen LogP contribution in [0, 0.1) is 6.92 Å². The second kappa shape index (κ2) is 8.28. The Morgan fingerprint density at radius 3 is 2.80 bits per heavy atom. The topological polar surface area (TPSA) is 60.2 Å². The maximum atomic E-state index is 13.5. The van der Waals surface area contributed by atoms with Gasteiger partial charge in [-0.25, -0.2) is 9.67 Å². The number of methoxy groups -OCH3 is 1. The first kappa shape index (κ1) is 20.1. The van der Waals surface area contributed by atoms with Crippen molar-refractivity contribution in [2.45, 2.75) is 26.4 Å². The number of benzene rings is 1. The first-order chi connectivity index (χ1) is 14.5. The van der Waals surface area contributed by atoms with Crippen molar-refractivity contribution in [2.75, 3.05) is 14.2 Å². The monoisotopic (exact) mass is 420 g/mol. The molecule has 0 bridgehead atoms. The summed E-state index contributed by atoms with van der Waals surface area (Å²) in [6, 6.07) is 13.6. The molecule has 6 nitrogen and oxygen atoms in total. The minimum Gasteiger partial charge on any atom is -0.496 e. The van der Waals surface area contributed by atoms with E-state index in [-0.39, 0.29) is 11.9 Å². The number of rotatable bonds is 6. The highest BCUT2D eigenvalue weighted by Crippen LogP contribution is 2.30. The molecule has 1 aromatic carbocycles. The quantitative estimate of drug-likeness (QED) is 0.454. The van der Waals surface area contributed by atoms with Crippen LogP contribution >= 0.6 is 11.3 Å². The van der Waals surface area contributed by atoms with Crippen LogP contribution in [0.3, 0.4) is 0 Å². The largest absolute Gasteiger partial charge is 0.496 e. The number of aromatic nitrogens is 3. The van der Waals surface area contributed by atoms with Crippen LogP contribution in [-0.4, -0.2) is 39.7 Å². The van der Waals surface area contributed by atoms with Gasteiger partial charge in [-0.15, -0.1) is 11.3 Å². The third-order valence-corrected chi connectivity index (χ3v) is 6.20. The van der Waals surface area contributed by atoms with Crippen molar-refractivity contribution in [3.63, 3.8) is 0 Å². The van der Waals surface area contributed by atoms with Gasteiger partial charge in [0, 0.05) is 23.2 Å². The van der Waals surface area contributed by atoms with E-state index in [0.29, 0.717) is 12.1 Å². The van der Waals surface area contributed by atoms with Crippen molar-refractivity contribution in [1.29, 1.82) is 0 Å². The van der Waals surface area contributed by atoms with Gasteiger partial charge in [-0.2, -0.15) is 5.10 Å². The molecule has 0 fully saturated rings. The predicted octanol–water partition coefficient (Wildman–Crippen LogP) is 4.69. The molecule has 30 heavy (non-hydrogen) atoms. The van der Waals surface area contributed by atoms with Gasteiger partial charge in [0.05, 0.1) is 36.8 Å². The molecule has 154 valence electrons. The van der Waals surface area contributed by atoms with Crippen LogP contribution in [0.15, 0.2) is 54.0 Å². The molecular formula is C23H24N4O2S. The van der Waals surface area contributed by atoms with Gasteiger partial charge in [0.1, 0.15) is 5.75 Å². The molecule has 0 saturated heterocycles. The Morgan fingerprint density at radius 1 is 1.27 bits per heavy atom. The molecule has 1 atom stereocenters. The molecule has 0 aliphatic heterocycles. The highest BCUT2D eigenvalue weighted by molar-refractivity contribution is 7.09. The number of amides is 1. The first-order valence-electron chi connectivity index (χ1n) is 9.75. The van der Waals surface area contributed by atoms with E-state index in [1.807, 2.05) is 67.4 Å². The lowest BCUT2D eigenvalue weighted by Crippen LogP contribution is -2.30. The van der Waals surface area contributed by atoms with E-state index < -0.39 is 0 Å². The standard InChI is InChI=1S/C23H24N4O2S/c1-15-12-19(20-13-24-27(22(20)25-15)14-17-8-7-11-30-17)23(28)26(3)16(2)18-9-5-6-10-21(18)29-4/h5-13,16H,14H2,1-4H3. The highest BCUT2D eigenvalue weighted by Gasteiger charge is 2.24. The van der Waals surface area contributed by atoms with Gasteiger partial charge in [-0.1, -0.05) is 24.3 Å². The molecule has 0 N–H and O–H groups in total. The molecular weight excluding hydrogens is 396 g/mol. The fourth-order valence-electron chi connectivity index (χ4n) is 3.60. The van der Waals surface area contributed by atoms with Gasteiger partial charge >= 0.3 is 0 Å². The Hall–Kier alpha value is -3.19. The minimum atomic E-state index is -0.154. The number of pyridine rings is 1. The van der Waals surface area contributed by atoms with Gasteiger partial charge in [0.15, 0.2) is 5.65 Å².